The number of pyridine rings is 2. The maximum atomic E-state index is 13.4. The van der Waals surface area contributed by atoms with Gasteiger partial charge in [0.05, 0.1) is 12.1 Å². The number of hydrogen-bond acceptors (Lipinski definition) is 6. The molecule has 1 fully saturated rings. The van der Waals surface area contributed by atoms with Gasteiger partial charge in [0.2, 0.25) is 5.95 Å². The van der Waals surface area contributed by atoms with Crippen LogP contribution in [-0.4, -0.2) is 46.3 Å². The summed E-state index contributed by atoms with van der Waals surface area (Å²) in [5, 5.41) is 13.0. The van der Waals surface area contributed by atoms with Crippen LogP contribution in [0, 0.1) is 5.95 Å². The van der Waals surface area contributed by atoms with Crippen molar-refractivity contribution in [1.29, 1.82) is 0 Å². The Morgan fingerprint density at radius 3 is 2.89 bits per heavy atom. The summed E-state index contributed by atoms with van der Waals surface area (Å²) in [6, 6.07) is 4.40. The second-order valence-electron chi connectivity index (χ2n) is 7.09. The van der Waals surface area contributed by atoms with Crippen LogP contribution >= 0.6 is 0 Å². The van der Waals surface area contributed by atoms with Crippen LogP contribution in [-0.2, 0) is 6.42 Å². The van der Waals surface area contributed by atoms with Gasteiger partial charge >= 0.3 is 0 Å². The van der Waals surface area contributed by atoms with Crippen molar-refractivity contribution in [2.24, 2.45) is 0 Å². The summed E-state index contributed by atoms with van der Waals surface area (Å²) in [7, 11) is 0. The third-order valence-corrected chi connectivity index (χ3v) is 5.05. The number of hydrogen-bond donors (Lipinski definition) is 2. The first-order valence-corrected chi connectivity index (χ1v) is 9.49. The van der Waals surface area contributed by atoms with Crippen molar-refractivity contribution in [3.8, 4) is 11.6 Å². The van der Waals surface area contributed by atoms with E-state index in [0.717, 1.165) is 19.3 Å². The molecule has 2 aliphatic rings. The Labute approximate surface area is 161 Å². The molecule has 1 saturated carbocycles. The lowest BCUT2D eigenvalue weighted by Gasteiger charge is -2.28. The molecule has 28 heavy (non-hydrogen) atoms. The van der Waals surface area contributed by atoms with E-state index in [4.69, 9.17) is 9.47 Å². The molecule has 2 N–H and O–H groups in total. The lowest BCUT2D eigenvalue weighted by molar-refractivity contribution is 0.0712. The van der Waals surface area contributed by atoms with E-state index in [9.17, 15) is 14.3 Å². The summed E-state index contributed by atoms with van der Waals surface area (Å²) in [4.78, 5) is 20.6. The van der Waals surface area contributed by atoms with Gasteiger partial charge in [-0.1, -0.05) is 12.8 Å². The van der Waals surface area contributed by atoms with E-state index in [0.29, 0.717) is 42.9 Å². The molecule has 1 amide bonds. The zero-order valence-electron chi connectivity index (χ0n) is 15.4. The standard InChI is InChI=1S/C20H22FN3O4/c21-17-10-12(5-6-22-17)9-13-11-15(24-20-18(13)27-7-8-28-20)19(26)23-14-3-1-2-4-16(14)25/h5-6,10-11,14,16,25H,1-4,7-9H2,(H,23,26)/t14-,16-/m0/s1. The molecule has 2 aromatic heterocycles. The normalized spacial score (nSPS) is 21.2. The van der Waals surface area contributed by atoms with Gasteiger partial charge in [-0.05, 0) is 36.6 Å². The Balaban J connectivity index is 1.61. The third-order valence-electron chi connectivity index (χ3n) is 5.05. The summed E-state index contributed by atoms with van der Waals surface area (Å²) in [5.74, 6) is -0.211. The molecule has 0 unspecified atom stereocenters. The number of aliphatic hydroxyl groups is 1. The summed E-state index contributed by atoms with van der Waals surface area (Å²) in [6.07, 6.45) is 4.54. The summed E-state index contributed by atoms with van der Waals surface area (Å²) >= 11 is 0. The zero-order chi connectivity index (χ0) is 19.5. The number of aliphatic hydroxyl groups excluding tert-OH is 1. The summed E-state index contributed by atoms with van der Waals surface area (Å²) < 4.78 is 24.7. The van der Waals surface area contributed by atoms with Crippen LogP contribution in [0.5, 0.6) is 11.6 Å². The van der Waals surface area contributed by atoms with E-state index < -0.39 is 12.1 Å². The fourth-order valence-corrected chi connectivity index (χ4v) is 3.64. The van der Waals surface area contributed by atoms with Gasteiger partial charge < -0.3 is 19.9 Å². The number of fused-ring (bicyclic) bond motifs is 1. The minimum Gasteiger partial charge on any atom is -0.484 e. The van der Waals surface area contributed by atoms with E-state index >= 15 is 0 Å². The average Bonchev–Trinajstić information content (AvgIpc) is 2.69. The molecule has 148 valence electrons. The molecule has 0 bridgehead atoms. The molecule has 3 heterocycles. The van der Waals surface area contributed by atoms with Crippen molar-refractivity contribution >= 4 is 5.91 Å². The van der Waals surface area contributed by atoms with Crippen LogP contribution in [0.3, 0.4) is 0 Å². The topological polar surface area (TPSA) is 93.6 Å². The minimum atomic E-state index is -0.568. The van der Waals surface area contributed by atoms with Crippen molar-refractivity contribution in [2.45, 2.75) is 44.2 Å². The van der Waals surface area contributed by atoms with Crippen LogP contribution in [0.2, 0.25) is 0 Å². The molecule has 4 rings (SSSR count). The quantitative estimate of drug-likeness (QED) is 0.780. The number of amides is 1. The van der Waals surface area contributed by atoms with Crippen molar-refractivity contribution in [3.05, 3.63) is 47.2 Å². The molecule has 1 aliphatic heterocycles. The highest BCUT2D eigenvalue weighted by Gasteiger charge is 2.27. The first-order chi connectivity index (χ1) is 13.6. The Bertz CT molecular complexity index is 877. The van der Waals surface area contributed by atoms with Crippen molar-refractivity contribution in [3.63, 3.8) is 0 Å². The minimum absolute atomic E-state index is 0.187. The highest BCUT2D eigenvalue weighted by Crippen LogP contribution is 2.34. The Kier molecular flexibility index (Phi) is 5.38. The number of halogens is 1. The lowest BCUT2D eigenvalue weighted by Crippen LogP contribution is -2.45. The highest BCUT2D eigenvalue weighted by molar-refractivity contribution is 5.93. The predicted octanol–water partition coefficient (Wildman–Crippen LogP) is 2.01. The molecule has 7 nitrogen and oxygen atoms in total. The van der Waals surface area contributed by atoms with Crippen molar-refractivity contribution in [2.75, 3.05) is 13.2 Å². The number of nitrogens with zero attached hydrogens (tertiary/aromatic N) is 2. The molecule has 2 atom stereocenters. The molecule has 2 aromatic rings. The van der Waals surface area contributed by atoms with Crippen LogP contribution < -0.4 is 14.8 Å². The van der Waals surface area contributed by atoms with E-state index in [-0.39, 0.29) is 23.5 Å². The second kappa shape index (κ2) is 8.10. The summed E-state index contributed by atoms with van der Waals surface area (Å²) in [6.45, 7) is 0.724. The van der Waals surface area contributed by atoms with Gasteiger partial charge in [0.15, 0.2) is 5.75 Å². The Morgan fingerprint density at radius 1 is 1.25 bits per heavy atom. The Morgan fingerprint density at radius 2 is 2.07 bits per heavy atom. The second-order valence-corrected chi connectivity index (χ2v) is 7.09. The Hall–Kier alpha value is -2.74. The van der Waals surface area contributed by atoms with Crippen molar-refractivity contribution in [1.82, 2.24) is 15.3 Å². The first kappa shape index (κ1) is 18.6. The molecule has 0 spiro atoms. The number of ether oxygens (including phenoxy) is 2. The molecular formula is C20H22FN3O4. The summed E-state index contributed by atoms with van der Waals surface area (Å²) in [5.41, 5.74) is 1.57. The smallest absolute Gasteiger partial charge is 0.270 e. The fourth-order valence-electron chi connectivity index (χ4n) is 3.64. The zero-order valence-corrected chi connectivity index (χ0v) is 15.4. The van der Waals surface area contributed by atoms with Gasteiger partial charge in [0, 0.05) is 18.2 Å². The largest absolute Gasteiger partial charge is 0.484 e. The fraction of sp³-hybridized carbons (Fsp3) is 0.450. The van der Waals surface area contributed by atoms with Crippen molar-refractivity contribution < 1.29 is 23.8 Å². The van der Waals surface area contributed by atoms with Gasteiger partial charge in [-0.3, -0.25) is 4.79 Å². The van der Waals surface area contributed by atoms with Gasteiger partial charge in [-0.2, -0.15) is 4.39 Å². The maximum absolute atomic E-state index is 13.4. The van der Waals surface area contributed by atoms with Gasteiger partial charge in [-0.25, -0.2) is 9.97 Å². The maximum Gasteiger partial charge on any atom is 0.270 e. The SMILES string of the molecule is O=C(N[C@H]1CCCC[C@@H]1O)c1cc(Cc2ccnc(F)c2)c2c(n1)OCCO2. The molecule has 0 saturated heterocycles. The van der Waals surface area contributed by atoms with Crippen LogP contribution in [0.15, 0.2) is 24.4 Å². The van der Waals surface area contributed by atoms with E-state index in [1.165, 1.54) is 12.3 Å². The lowest BCUT2D eigenvalue weighted by atomic mass is 9.92. The van der Waals surface area contributed by atoms with Crippen LogP contribution in [0.4, 0.5) is 4.39 Å². The molecular weight excluding hydrogens is 365 g/mol. The number of carbonyl (C=O) groups is 1. The first-order valence-electron chi connectivity index (χ1n) is 9.49. The molecule has 0 aromatic carbocycles. The van der Waals surface area contributed by atoms with E-state index in [1.54, 1.807) is 12.1 Å². The van der Waals surface area contributed by atoms with Gasteiger partial charge in [0.25, 0.3) is 11.8 Å². The van der Waals surface area contributed by atoms with Gasteiger partial charge in [0.1, 0.15) is 18.9 Å². The van der Waals surface area contributed by atoms with E-state index in [1.807, 2.05) is 0 Å². The molecule has 8 heteroatoms. The predicted molar refractivity (Wildman–Crippen MR) is 98.0 cm³/mol. The number of nitrogens with one attached hydrogen (secondary N) is 1. The van der Waals surface area contributed by atoms with E-state index in [2.05, 4.69) is 15.3 Å². The molecule has 1 aliphatic carbocycles. The average molecular weight is 387 g/mol. The van der Waals surface area contributed by atoms with Crippen LogP contribution in [0.25, 0.3) is 0 Å². The third kappa shape index (κ3) is 4.06. The monoisotopic (exact) mass is 387 g/mol. The van der Waals surface area contributed by atoms with Gasteiger partial charge in [-0.15, -0.1) is 0 Å². The number of carbonyl (C=O) groups excluding carboxylic acids is 1. The number of aromatic nitrogens is 2. The molecule has 0 radical (unpaired) electrons. The highest BCUT2D eigenvalue weighted by atomic mass is 19.1. The number of rotatable bonds is 4. The van der Waals surface area contributed by atoms with Crippen LogP contribution in [0.1, 0.15) is 47.3 Å².